The van der Waals surface area contributed by atoms with Crippen LogP contribution < -0.4 is 30.2 Å². The molecule has 0 aliphatic heterocycles. The van der Waals surface area contributed by atoms with Gasteiger partial charge in [0, 0.05) is 48.2 Å². The van der Waals surface area contributed by atoms with E-state index in [1.54, 1.807) is 40.2 Å². The average Bonchev–Trinajstić information content (AvgIpc) is 2.71. The van der Waals surface area contributed by atoms with Gasteiger partial charge in [0.05, 0.1) is 27.4 Å². The maximum Gasteiger partial charge on any atom is 0.319 e. The minimum absolute atomic E-state index is 0.281. The SMILES string of the molecule is COc1cc(NCCNC(=O)Nc2cc(C(C)O)c(C)nc2OC)cc(OC)c1. The summed E-state index contributed by atoms with van der Waals surface area (Å²) in [4.78, 5) is 16.5. The predicted octanol–water partition coefficient (Wildman–Crippen LogP) is 2.70. The molecule has 0 fully saturated rings. The summed E-state index contributed by atoms with van der Waals surface area (Å²) >= 11 is 0. The van der Waals surface area contributed by atoms with Crippen LogP contribution in [0.2, 0.25) is 0 Å². The van der Waals surface area contributed by atoms with E-state index in [2.05, 4.69) is 20.9 Å². The molecule has 0 saturated carbocycles. The molecule has 0 saturated heterocycles. The third-order valence-corrected chi connectivity index (χ3v) is 4.20. The Balaban J connectivity index is 1.91. The van der Waals surface area contributed by atoms with E-state index in [4.69, 9.17) is 14.2 Å². The van der Waals surface area contributed by atoms with Crippen molar-refractivity contribution < 1.29 is 24.1 Å². The van der Waals surface area contributed by atoms with Crippen LogP contribution >= 0.6 is 0 Å². The molecular weight excluding hydrogens is 376 g/mol. The summed E-state index contributed by atoms with van der Waals surface area (Å²) in [6, 6.07) is 6.70. The van der Waals surface area contributed by atoms with E-state index in [-0.39, 0.29) is 5.88 Å². The molecule has 0 bridgehead atoms. The summed E-state index contributed by atoms with van der Waals surface area (Å²) in [5, 5.41) is 18.5. The Morgan fingerprint density at radius 3 is 2.28 bits per heavy atom. The van der Waals surface area contributed by atoms with Crippen LogP contribution in [0.25, 0.3) is 0 Å². The molecular formula is C20H28N4O5. The molecule has 9 heteroatoms. The quantitative estimate of drug-likeness (QED) is 0.475. The van der Waals surface area contributed by atoms with Gasteiger partial charge in [-0.1, -0.05) is 0 Å². The molecule has 1 unspecified atom stereocenters. The van der Waals surface area contributed by atoms with Crippen molar-refractivity contribution in [2.24, 2.45) is 0 Å². The first kappa shape index (κ1) is 22.1. The van der Waals surface area contributed by atoms with Crippen molar-refractivity contribution in [1.29, 1.82) is 0 Å². The van der Waals surface area contributed by atoms with E-state index >= 15 is 0 Å². The Morgan fingerprint density at radius 1 is 1.07 bits per heavy atom. The minimum Gasteiger partial charge on any atom is -0.497 e. The van der Waals surface area contributed by atoms with Crippen LogP contribution in [0, 0.1) is 6.92 Å². The molecule has 1 aromatic carbocycles. The lowest BCUT2D eigenvalue weighted by atomic mass is 10.1. The highest BCUT2D eigenvalue weighted by atomic mass is 16.5. The Kier molecular flexibility index (Phi) is 7.90. The summed E-state index contributed by atoms with van der Waals surface area (Å²) < 4.78 is 15.7. The topological polar surface area (TPSA) is 114 Å². The number of aromatic nitrogens is 1. The first-order valence-corrected chi connectivity index (χ1v) is 9.13. The number of nitrogens with one attached hydrogen (secondary N) is 3. The van der Waals surface area contributed by atoms with Gasteiger partial charge in [0.2, 0.25) is 5.88 Å². The summed E-state index contributed by atoms with van der Waals surface area (Å²) in [5.41, 5.74) is 2.46. The first-order valence-electron chi connectivity index (χ1n) is 9.13. The van der Waals surface area contributed by atoms with Crippen molar-refractivity contribution in [2.75, 3.05) is 45.1 Å². The van der Waals surface area contributed by atoms with Crippen molar-refractivity contribution in [3.63, 3.8) is 0 Å². The molecule has 2 amide bonds. The summed E-state index contributed by atoms with van der Waals surface area (Å²) in [6.45, 7) is 4.27. The number of nitrogens with zero attached hydrogens (tertiary/aromatic N) is 1. The number of benzene rings is 1. The lowest BCUT2D eigenvalue weighted by molar-refractivity contribution is 0.198. The van der Waals surface area contributed by atoms with E-state index in [0.29, 0.717) is 41.5 Å². The molecule has 1 heterocycles. The second-order valence-electron chi connectivity index (χ2n) is 6.30. The monoisotopic (exact) mass is 404 g/mol. The Bertz CT molecular complexity index is 820. The number of urea groups is 1. The van der Waals surface area contributed by atoms with Gasteiger partial charge in [0.15, 0.2) is 0 Å². The number of rotatable bonds is 9. The van der Waals surface area contributed by atoms with Crippen LogP contribution in [0.1, 0.15) is 24.3 Å². The zero-order valence-electron chi connectivity index (χ0n) is 17.3. The fourth-order valence-electron chi connectivity index (χ4n) is 2.73. The van der Waals surface area contributed by atoms with Gasteiger partial charge in [-0.15, -0.1) is 0 Å². The molecule has 9 nitrogen and oxygen atoms in total. The summed E-state index contributed by atoms with van der Waals surface area (Å²) in [5.74, 6) is 1.62. The number of methoxy groups -OCH3 is 3. The fraction of sp³-hybridized carbons (Fsp3) is 0.400. The number of carbonyl (C=O) groups excluding carboxylic acids is 1. The van der Waals surface area contributed by atoms with Gasteiger partial charge in [-0.3, -0.25) is 0 Å². The molecule has 4 N–H and O–H groups in total. The molecule has 158 valence electrons. The van der Waals surface area contributed by atoms with Gasteiger partial charge in [-0.25, -0.2) is 9.78 Å². The predicted molar refractivity (Wildman–Crippen MR) is 111 cm³/mol. The number of hydrogen-bond acceptors (Lipinski definition) is 7. The lowest BCUT2D eigenvalue weighted by Gasteiger charge is -2.15. The van der Waals surface area contributed by atoms with Gasteiger partial charge < -0.3 is 35.3 Å². The van der Waals surface area contributed by atoms with Gasteiger partial charge in [0.25, 0.3) is 0 Å². The molecule has 0 radical (unpaired) electrons. The van der Waals surface area contributed by atoms with Gasteiger partial charge in [-0.2, -0.15) is 0 Å². The standard InChI is InChI=1S/C20H28N4O5/c1-12-17(13(2)25)11-18(19(23-12)29-5)24-20(26)22-7-6-21-14-8-15(27-3)10-16(9-14)28-4/h8-11,13,21,25H,6-7H2,1-5H3,(H2,22,24,26). The van der Waals surface area contributed by atoms with Crippen LogP contribution in [0.15, 0.2) is 24.3 Å². The number of ether oxygens (including phenoxy) is 3. The van der Waals surface area contributed by atoms with Crippen LogP contribution in [0.5, 0.6) is 17.4 Å². The average molecular weight is 404 g/mol. The van der Waals surface area contributed by atoms with Gasteiger partial charge >= 0.3 is 6.03 Å². The van der Waals surface area contributed by atoms with Crippen molar-refractivity contribution in [1.82, 2.24) is 10.3 Å². The fourth-order valence-corrected chi connectivity index (χ4v) is 2.73. The third kappa shape index (κ3) is 6.15. The van der Waals surface area contributed by atoms with Crippen molar-refractivity contribution >= 4 is 17.4 Å². The Hall–Kier alpha value is -3.20. The highest BCUT2D eigenvalue weighted by molar-refractivity contribution is 5.90. The summed E-state index contributed by atoms with van der Waals surface area (Å²) in [7, 11) is 4.64. The second kappa shape index (κ2) is 10.4. The molecule has 2 rings (SSSR count). The largest absolute Gasteiger partial charge is 0.497 e. The maximum absolute atomic E-state index is 12.2. The molecule has 2 aromatic rings. The van der Waals surface area contributed by atoms with E-state index < -0.39 is 12.1 Å². The van der Waals surface area contributed by atoms with Crippen LogP contribution in [-0.4, -0.2) is 50.5 Å². The number of aliphatic hydroxyl groups excluding tert-OH is 1. The molecule has 0 aliphatic carbocycles. The number of anilines is 2. The highest BCUT2D eigenvalue weighted by Gasteiger charge is 2.15. The highest BCUT2D eigenvalue weighted by Crippen LogP contribution is 2.28. The van der Waals surface area contributed by atoms with E-state index in [1.165, 1.54) is 7.11 Å². The smallest absolute Gasteiger partial charge is 0.319 e. The maximum atomic E-state index is 12.2. The Labute approximate surface area is 170 Å². The van der Waals surface area contributed by atoms with Crippen molar-refractivity contribution in [3.05, 3.63) is 35.5 Å². The molecule has 29 heavy (non-hydrogen) atoms. The lowest BCUT2D eigenvalue weighted by Crippen LogP contribution is -2.33. The Morgan fingerprint density at radius 2 is 1.72 bits per heavy atom. The third-order valence-electron chi connectivity index (χ3n) is 4.20. The summed E-state index contributed by atoms with van der Waals surface area (Å²) in [6.07, 6.45) is -0.707. The van der Waals surface area contributed by atoms with Crippen LogP contribution in [-0.2, 0) is 0 Å². The first-order chi connectivity index (χ1) is 13.9. The van der Waals surface area contributed by atoms with Crippen molar-refractivity contribution in [3.8, 4) is 17.4 Å². The van der Waals surface area contributed by atoms with E-state index in [0.717, 1.165) is 5.69 Å². The van der Waals surface area contributed by atoms with E-state index in [1.807, 2.05) is 12.1 Å². The molecule has 0 spiro atoms. The number of aryl methyl sites for hydroxylation is 1. The van der Waals surface area contributed by atoms with Gasteiger partial charge in [0.1, 0.15) is 17.2 Å². The van der Waals surface area contributed by atoms with E-state index in [9.17, 15) is 9.90 Å². The minimum atomic E-state index is -0.707. The molecule has 1 aromatic heterocycles. The zero-order valence-corrected chi connectivity index (χ0v) is 17.3. The van der Waals surface area contributed by atoms with Crippen LogP contribution in [0.4, 0.5) is 16.2 Å². The number of pyridine rings is 1. The number of amides is 2. The second-order valence-corrected chi connectivity index (χ2v) is 6.30. The molecule has 0 aliphatic rings. The zero-order chi connectivity index (χ0) is 21.4. The molecule has 1 atom stereocenters. The number of hydrogen-bond donors (Lipinski definition) is 4. The van der Waals surface area contributed by atoms with Crippen LogP contribution in [0.3, 0.4) is 0 Å². The number of carbonyl (C=O) groups is 1. The number of aliphatic hydroxyl groups is 1. The van der Waals surface area contributed by atoms with Crippen molar-refractivity contribution in [2.45, 2.75) is 20.0 Å². The normalized spacial score (nSPS) is 11.4. The van der Waals surface area contributed by atoms with Gasteiger partial charge in [-0.05, 0) is 19.9 Å².